The van der Waals surface area contributed by atoms with Crippen molar-refractivity contribution in [2.75, 3.05) is 10.6 Å². The fraction of sp³-hybridized carbons (Fsp3) is 0.357. The van der Waals surface area contributed by atoms with E-state index in [1.165, 1.54) is 0 Å². The summed E-state index contributed by atoms with van der Waals surface area (Å²) in [6.45, 7) is 1.83. The maximum absolute atomic E-state index is 11.8. The average molecular weight is 272 g/mol. The Kier molecular flexibility index (Phi) is 3.37. The molecule has 0 radical (unpaired) electrons. The summed E-state index contributed by atoms with van der Waals surface area (Å²) in [5, 5.41) is 9.74. The smallest absolute Gasteiger partial charge is 0.228 e. The molecule has 0 atom stereocenters. The molecule has 2 N–H and O–H groups in total. The monoisotopic (exact) mass is 272 g/mol. The normalized spacial score (nSPS) is 14.7. The molecule has 0 spiro atoms. The summed E-state index contributed by atoms with van der Waals surface area (Å²) in [4.78, 5) is 16.0. The molecule has 0 aliphatic heterocycles. The lowest BCUT2D eigenvalue weighted by atomic mass is 9.85. The number of rotatable bonds is 4. The summed E-state index contributed by atoms with van der Waals surface area (Å²) >= 11 is 0. The molecule has 104 valence electrons. The highest BCUT2D eigenvalue weighted by molar-refractivity contribution is 5.92. The zero-order chi connectivity index (χ0) is 13.9. The van der Waals surface area contributed by atoms with E-state index in [1.807, 2.05) is 13.0 Å². The number of anilines is 3. The molecule has 1 fully saturated rings. The van der Waals surface area contributed by atoms with E-state index in [-0.39, 0.29) is 11.8 Å². The average Bonchev–Trinajstić information content (AvgIpc) is 2.75. The number of hydrogen-bond acceptors (Lipinski definition) is 5. The molecule has 1 aliphatic carbocycles. The molecule has 0 saturated heterocycles. The molecule has 3 rings (SSSR count). The van der Waals surface area contributed by atoms with Gasteiger partial charge >= 0.3 is 0 Å². The van der Waals surface area contributed by atoms with Gasteiger partial charge in [0, 0.05) is 12.0 Å². The summed E-state index contributed by atoms with van der Waals surface area (Å²) in [6.07, 6.45) is 4.76. The highest BCUT2D eigenvalue weighted by atomic mass is 16.5. The highest BCUT2D eigenvalue weighted by Gasteiger charge is 2.25. The van der Waals surface area contributed by atoms with Gasteiger partial charge in [-0.15, -0.1) is 0 Å². The maximum atomic E-state index is 11.8. The molecule has 20 heavy (non-hydrogen) atoms. The largest absolute Gasteiger partial charge is 0.360 e. The quantitative estimate of drug-likeness (QED) is 0.894. The minimum absolute atomic E-state index is 0.0663. The Bertz CT molecular complexity index is 602. The molecule has 1 saturated carbocycles. The zero-order valence-electron chi connectivity index (χ0n) is 11.2. The van der Waals surface area contributed by atoms with E-state index in [4.69, 9.17) is 4.52 Å². The summed E-state index contributed by atoms with van der Waals surface area (Å²) in [7, 11) is 0. The van der Waals surface area contributed by atoms with Gasteiger partial charge in [0.15, 0.2) is 5.82 Å². The molecule has 1 amide bonds. The second-order valence-corrected chi connectivity index (χ2v) is 5.00. The fourth-order valence-corrected chi connectivity index (χ4v) is 2.01. The third-order valence-corrected chi connectivity index (χ3v) is 3.39. The van der Waals surface area contributed by atoms with Crippen LogP contribution in [0.25, 0.3) is 0 Å². The summed E-state index contributed by atoms with van der Waals surface area (Å²) in [5.74, 6) is 2.17. The van der Waals surface area contributed by atoms with Gasteiger partial charge in [0.05, 0.1) is 11.9 Å². The molecular formula is C14H16N4O2. The van der Waals surface area contributed by atoms with E-state index in [1.54, 1.807) is 18.3 Å². The molecule has 0 aromatic carbocycles. The first kappa shape index (κ1) is 12.7. The van der Waals surface area contributed by atoms with E-state index in [2.05, 4.69) is 20.8 Å². The van der Waals surface area contributed by atoms with Crippen molar-refractivity contribution in [2.45, 2.75) is 26.2 Å². The molecule has 2 aromatic rings. The van der Waals surface area contributed by atoms with Crippen LogP contribution in [0.15, 0.2) is 28.9 Å². The Hall–Kier alpha value is -2.37. The van der Waals surface area contributed by atoms with E-state index in [9.17, 15) is 4.79 Å². The lowest BCUT2D eigenvalue weighted by molar-refractivity contribution is -0.122. The number of nitrogens with one attached hydrogen (secondary N) is 2. The Balaban J connectivity index is 1.60. The van der Waals surface area contributed by atoms with Crippen LogP contribution >= 0.6 is 0 Å². The van der Waals surface area contributed by atoms with Crippen molar-refractivity contribution in [1.82, 2.24) is 10.1 Å². The van der Waals surface area contributed by atoms with Gasteiger partial charge in [0.25, 0.3) is 0 Å². The van der Waals surface area contributed by atoms with Crippen LogP contribution in [0.1, 0.15) is 25.0 Å². The van der Waals surface area contributed by atoms with Gasteiger partial charge in [-0.25, -0.2) is 4.98 Å². The molecule has 2 aromatic heterocycles. The Morgan fingerprint density at radius 2 is 2.20 bits per heavy atom. The first-order valence-electron chi connectivity index (χ1n) is 6.68. The van der Waals surface area contributed by atoms with Crippen molar-refractivity contribution >= 4 is 23.2 Å². The number of carbonyl (C=O) groups excluding carboxylic acids is 1. The molecule has 0 unspecified atom stereocenters. The van der Waals surface area contributed by atoms with Gasteiger partial charge < -0.3 is 15.2 Å². The minimum Gasteiger partial charge on any atom is -0.360 e. The van der Waals surface area contributed by atoms with Crippen molar-refractivity contribution in [2.24, 2.45) is 5.92 Å². The van der Waals surface area contributed by atoms with Crippen LogP contribution in [0.2, 0.25) is 0 Å². The van der Waals surface area contributed by atoms with Crippen LogP contribution in [-0.2, 0) is 4.79 Å². The van der Waals surface area contributed by atoms with E-state index in [0.29, 0.717) is 11.6 Å². The topological polar surface area (TPSA) is 80.0 Å². The Morgan fingerprint density at radius 3 is 2.75 bits per heavy atom. The van der Waals surface area contributed by atoms with Gasteiger partial charge in [0.1, 0.15) is 11.6 Å². The standard InChI is InChI=1S/C14H16N4O2/c1-9-7-13(18-20-9)16-11-5-6-12(15-8-11)17-14(19)10-3-2-4-10/h5-8,10H,2-4H2,1H3,(H,16,18)(H,15,17,19). The third kappa shape index (κ3) is 2.79. The number of amides is 1. The summed E-state index contributed by atoms with van der Waals surface area (Å²) in [6, 6.07) is 5.41. The van der Waals surface area contributed by atoms with E-state index >= 15 is 0 Å². The number of aromatic nitrogens is 2. The van der Waals surface area contributed by atoms with Crippen molar-refractivity contribution in [3.05, 3.63) is 30.2 Å². The molecule has 0 bridgehead atoms. The van der Waals surface area contributed by atoms with E-state index < -0.39 is 0 Å². The lowest BCUT2D eigenvalue weighted by Gasteiger charge is -2.23. The van der Waals surface area contributed by atoms with Crippen molar-refractivity contribution in [3.8, 4) is 0 Å². The molecule has 6 heteroatoms. The zero-order valence-corrected chi connectivity index (χ0v) is 11.2. The second-order valence-electron chi connectivity index (χ2n) is 5.00. The van der Waals surface area contributed by atoms with Crippen LogP contribution in [0.3, 0.4) is 0 Å². The minimum atomic E-state index is 0.0663. The number of pyridine rings is 1. The Morgan fingerprint density at radius 1 is 1.35 bits per heavy atom. The van der Waals surface area contributed by atoms with Crippen molar-refractivity contribution in [3.63, 3.8) is 0 Å². The van der Waals surface area contributed by atoms with Gasteiger partial charge in [-0.05, 0) is 31.9 Å². The van der Waals surface area contributed by atoms with Gasteiger partial charge in [0.2, 0.25) is 5.91 Å². The van der Waals surface area contributed by atoms with Crippen LogP contribution in [0, 0.1) is 12.8 Å². The number of nitrogens with zero attached hydrogens (tertiary/aromatic N) is 2. The maximum Gasteiger partial charge on any atom is 0.228 e. The molecular weight excluding hydrogens is 256 g/mol. The molecule has 1 aliphatic rings. The van der Waals surface area contributed by atoms with Crippen molar-refractivity contribution in [1.29, 1.82) is 0 Å². The van der Waals surface area contributed by atoms with Crippen LogP contribution in [-0.4, -0.2) is 16.0 Å². The predicted octanol–water partition coefficient (Wildman–Crippen LogP) is 2.86. The predicted molar refractivity (Wildman–Crippen MR) is 74.7 cm³/mol. The van der Waals surface area contributed by atoms with Gasteiger partial charge in [-0.3, -0.25) is 4.79 Å². The number of carbonyl (C=O) groups is 1. The molecule has 6 nitrogen and oxygen atoms in total. The SMILES string of the molecule is Cc1cc(Nc2ccc(NC(=O)C3CCC3)nc2)no1. The van der Waals surface area contributed by atoms with Crippen LogP contribution in [0.4, 0.5) is 17.3 Å². The summed E-state index contributed by atoms with van der Waals surface area (Å²) in [5.41, 5.74) is 0.792. The van der Waals surface area contributed by atoms with Crippen molar-refractivity contribution < 1.29 is 9.32 Å². The third-order valence-electron chi connectivity index (χ3n) is 3.39. The first-order chi connectivity index (χ1) is 9.70. The van der Waals surface area contributed by atoms with Crippen LogP contribution < -0.4 is 10.6 Å². The highest BCUT2D eigenvalue weighted by Crippen LogP contribution is 2.27. The van der Waals surface area contributed by atoms with E-state index in [0.717, 1.165) is 30.7 Å². The Labute approximate surface area is 116 Å². The number of aryl methyl sites for hydroxylation is 1. The van der Waals surface area contributed by atoms with Crippen LogP contribution in [0.5, 0.6) is 0 Å². The lowest BCUT2D eigenvalue weighted by Crippen LogP contribution is -2.28. The van der Waals surface area contributed by atoms with Gasteiger partial charge in [-0.1, -0.05) is 11.6 Å². The fourth-order valence-electron chi connectivity index (χ4n) is 2.01. The molecule has 2 heterocycles. The summed E-state index contributed by atoms with van der Waals surface area (Å²) < 4.78 is 4.97. The first-order valence-corrected chi connectivity index (χ1v) is 6.68. The van der Waals surface area contributed by atoms with Gasteiger partial charge in [-0.2, -0.15) is 0 Å². The second kappa shape index (κ2) is 5.32. The number of hydrogen-bond donors (Lipinski definition) is 2.